The molecule has 17 heavy (non-hydrogen) atoms. The van der Waals surface area contributed by atoms with E-state index in [4.69, 9.17) is 11.6 Å². The first-order valence-corrected chi connectivity index (χ1v) is 5.85. The first-order valence-electron chi connectivity index (χ1n) is 5.48. The van der Waals surface area contributed by atoms with Crippen LogP contribution in [0.15, 0.2) is 18.2 Å². The van der Waals surface area contributed by atoms with Gasteiger partial charge in [0.25, 0.3) is 0 Å². The minimum Gasteiger partial charge on any atom is -0.322 e. The van der Waals surface area contributed by atoms with Crippen molar-refractivity contribution < 1.29 is 9.18 Å². The van der Waals surface area contributed by atoms with E-state index in [0.29, 0.717) is 12.6 Å². The maximum atomic E-state index is 13.3. The Kier molecular flexibility index (Phi) is 5.38. The summed E-state index contributed by atoms with van der Waals surface area (Å²) in [5, 5.41) is 5.77. The lowest BCUT2D eigenvalue weighted by Crippen LogP contribution is -2.27. The molecule has 2 N–H and O–H groups in total. The Morgan fingerprint density at radius 2 is 2.18 bits per heavy atom. The Balaban J connectivity index is 2.51. The van der Waals surface area contributed by atoms with E-state index in [0.717, 1.165) is 0 Å². The molecule has 0 aliphatic heterocycles. The van der Waals surface area contributed by atoms with Crippen molar-refractivity contribution >= 4 is 23.2 Å². The summed E-state index contributed by atoms with van der Waals surface area (Å²) in [7, 11) is 0. The van der Waals surface area contributed by atoms with Crippen LogP contribution >= 0.6 is 11.6 Å². The van der Waals surface area contributed by atoms with E-state index in [1.54, 1.807) is 0 Å². The summed E-state index contributed by atoms with van der Waals surface area (Å²) in [5.41, 5.74) is 0.0451. The fraction of sp³-hybridized carbons (Fsp3) is 0.417. The third kappa shape index (κ3) is 4.71. The largest absolute Gasteiger partial charge is 0.322 e. The van der Waals surface area contributed by atoms with Gasteiger partial charge in [0.2, 0.25) is 5.91 Å². The Morgan fingerprint density at radius 3 is 2.76 bits per heavy atom. The number of rotatable bonds is 5. The highest BCUT2D eigenvalue weighted by Crippen LogP contribution is 2.24. The maximum Gasteiger partial charge on any atom is 0.225 e. The first-order chi connectivity index (χ1) is 8.00. The summed E-state index contributed by atoms with van der Waals surface area (Å²) in [6.45, 7) is 4.53. The number of nitrogens with one attached hydrogen (secondary N) is 2. The average Bonchev–Trinajstić information content (AvgIpc) is 2.23. The predicted octanol–water partition coefficient (Wildman–Crippen LogP) is 2.81. The third-order valence-electron chi connectivity index (χ3n) is 2.13. The second-order valence-corrected chi connectivity index (χ2v) is 4.41. The highest BCUT2D eigenvalue weighted by molar-refractivity contribution is 6.33. The first kappa shape index (κ1) is 13.9. The monoisotopic (exact) mass is 258 g/mol. The number of benzene rings is 1. The van der Waals surface area contributed by atoms with E-state index in [-0.39, 0.29) is 23.0 Å². The van der Waals surface area contributed by atoms with Crippen LogP contribution in [0.1, 0.15) is 20.3 Å². The predicted molar refractivity (Wildman–Crippen MR) is 67.8 cm³/mol. The van der Waals surface area contributed by atoms with Crippen molar-refractivity contribution in [3.8, 4) is 0 Å². The van der Waals surface area contributed by atoms with E-state index in [9.17, 15) is 9.18 Å². The summed E-state index contributed by atoms with van der Waals surface area (Å²) < 4.78 is 13.3. The molecule has 94 valence electrons. The van der Waals surface area contributed by atoms with Gasteiger partial charge in [0.15, 0.2) is 0 Å². The van der Waals surface area contributed by atoms with Crippen molar-refractivity contribution in [3.63, 3.8) is 0 Å². The van der Waals surface area contributed by atoms with E-state index >= 15 is 0 Å². The van der Waals surface area contributed by atoms with Gasteiger partial charge in [-0.3, -0.25) is 4.79 Å². The van der Waals surface area contributed by atoms with Crippen LogP contribution < -0.4 is 10.6 Å². The number of carbonyl (C=O) groups is 1. The molecule has 5 heteroatoms. The lowest BCUT2D eigenvalue weighted by atomic mass is 10.3. The molecular formula is C12H16ClFN2O. The molecule has 1 rings (SSSR count). The number of anilines is 1. The molecule has 0 atom stereocenters. The van der Waals surface area contributed by atoms with Gasteiger partial charge in [-0.1, -0.05) is 31.5 Å². The molecule has 1 aromatic carbocycles. The molecule has 0 radical (unpaired) electrons. The zero-order valence-electron chi connectivity index (χ0n) is 9.89. The number of hydrogen-bond acceptors (Lipinski definition) is 2. The molecule has 1 aromatic rings. The molecule has 0 fully saturated rings. The van der Waals surface area contributed by atoms with Crippen LogP contribution in [-0.4, -0.2) is 18.5 Å². The van der Waals surface area contributed by atoms with Crippen LogP contribution in [0.3, 0.4) is 0 Å². The molecule has 0 aliphatic rings. The number of amides is 1. The van der Waals surface area contributed by atoms with Crippen molar-refractivity contribution in [1.82, 2.24) is 5.32 Å². The minimum atomic E-state index is -0.525. The number of carbonyl (C=O) groups excluding carboxylic acids is 1. The fourth-order valence-corrected chi connectivity index (χ4v) is 1.50. The summed E-state index contributed by atoms with van der Waals surface area (Å²) in [6, 6.07) is 4.61. The van der Waals surface area contributed by atoms with Gasteiger partial charge in [0, 0.05) is 19.0 Å². The Bertz CT molecular complexity index is 376. The number of hydrogen-bond donors (Lipinski definition) is 2. The molecular weight excluding hydrogens is 243 g/mol. The lowest BCUT2D eigenvalue weighted by Gasteiger charge is -2.10. The minimum absolute atomic E-state index is 0.0451. The Hall–Kier alpha value is -1.13. The van der Waals surface area contributed by atoms with Gasteiger partial charge in [0.05, 0.1) is 10.7 Å². The summed E-state index contributed by atoms with van der Waals surface area (Å²) in [5.74, 6) is -0.784. The smallest absolute Gasteiger partial charge is 0.225 e. The third-order valence-corrected chi connectivity index (χ3v) is 2.45. The molecule has 0 saturated carbocycles. The van der Waals surface area contributed by atoms with Crippen molar-refractivity contribution in [2.45, 2.75) is 26.3 Å². The molecule has 1 amide bonds. The van der Waals surface area contributed by atoms with Crippen LogP contribution in [0.2, 0.25) is 5.02 Å². The second kappa shape index (κ2) is 6.57. The summed E-state index contributed by atoms with van der Waals surface area (Å²) in [4.78, 5) is 11.5. The van der Waals surface area contributed by atoms with Crippen LogP contribution in [0, 0.1) is 5.82 Å². The lowest BCUT2D eigenvalue weighted by molar-refractivity contribution is -0.116. The highest BCUT2D eigenvalue weighted by atomic mass is 35.5. The molecule has 0 saturated heterocycles. The van der Waals surface area contributed by atoms with Gasteiger partial charge in [-0.15, -0.1) is 0 Å². The van der Waals surface area contributed by atoms with E-state index in [1.807, 2.05) is 13.8 Å². The van der Waals surface area contributed by atoms with E-state index < -0.39 is 5.82 Å². The van der Waals surface area contributed by atoms with Gasteiger partial charge >= 0.3 is 0 Å². The van der Waals surface area contributed by atoms with Crippen molar-refractivity contribution in [3.05, 3.63) is 29.0 Å². The molecule has 0 aromatic heterocycles. The molecule has 0 aliphatic carbocycles. The van der Waals surface area contributed by atoms with E-state index in [2.05, 4.69) is 10.6 Å². The molecule has 0 heterocycles. The number of halogens is 2. The van der Waals surface area contributed by atoms with Crippen LogP contribution in [0.25, 0.3) is 0 Å². The summed E-state index contributed by atoms with van der Waals surface area (Å²) in [6.07, 6.45) is 0.281. The van der Waals surface area contributed by atoms with Crippen molar-refractivity contribution in [2.24, 2.45) is 0 Å². The zero-order valence-corrected chi connectivity index (χ0v) is 10.6. The quantitative estimate of drug-likeness (QED) is 0.853. The fourth-order valence-electron chi connectivity index (χ4n) is 1.29. The van der Waals surface area contributed by atoms with Crippen molar-refractivity contribution in [1.29, 1.82) is 0 Å². The van der Waals surface area contributed by atoms with Crippen molar-refractivity contribution in [2.75, 3.05) is 11.9 Å². The highest BCUT2D eigenvalue weighted by Gasteiger charge is 2.10. The Labute approximate surface area is 105 Å². The topological polar surface area (TPSA) is 41.1 Å². The molecule has 0 bridgehead atoms. The number of para-hydroxylation sites is 1. The second-order valence-electron chi connectivity index (χ2n) is 4.00. The van der Waals surface area contributed by atoms with Gasteiger partial charge in [0.1, 0.15) is 5.82 Å². The van der Waals surface area contributed by atoms with Crippen LogP contribution in [0.4, 0.5) is 10.1 Å². The van der Waals surface area contributed by atoms with Gasteiger partial charge in [-0.25, -0.2) is 4.39 Å². The molecule has 0 spiro atoms. The molecule has 3 nitrogen and oxygen atoms in total. The van der Waals surface area contributed by atoms with Gasteiger partial charge < -0.3 is 10.6 Å². The maximum absolute atomic E-state index is 13.3. The van der Waals surface area contributed by atoms with E-state index in [1.165, 1.54) is 18.2 Å². The molecule has 0 unspecified atom stereocenters. The SMILES string of the molecule is CC(C)NCCC(=O)Nc1c(F)cccc1Cl. The zero-order chi connectivity index (χ0) is 12.8. The van der Waals surface area contributed by atoms with Crippen LogP contribution in [-0.2, 0) is 4.79 Å². The average molecular weight is 259 g/mol. The summed E-state index contributed by atoms with van der Waals surface area (Å²) >= 11 is 5.79. The van der Waals surface area contributed by atoms with Crippen LogP contribution in [0.5, 0.6) is 0 Å². The van der Waals surface area contributed by atoms with Gasteiger partial charge in [-0.2, -0.15) is 0 Å². The standard InChI is InChI=1S/C12H16ClFN2O/c1-8(2)15-7-6-11(17)16-12-9(13)4-3-5-10(12)14/h3-5,8,15H,6-7H2,1-2H3,(H,16,17). The Morgan fingerprint density at radius 1 is 1.47 bits per heavy atom. The normalized spacial score (nSPS) is 10.6. The van der Waals surface area contributed by atoms with Gasteiger partial charge in [-0.05, 0) is 12.1 Å².